The maximum absolute atomic E-state index is 11.7. The highest BCUT2D eigenvalue weighted by molar-refractivity contribution is 5.77. The lowest BCUT2D eigenvalue weighted by molar-refractivity contribution is -0.136. The van der Waals surface area contributed by atoms with Crippen molar-refractivity contribution in [3.8, 4) is 0 Å². The summed E-state index contributed by atoms with van der Waals surface area (Å²) in [4.78, 5) is 13.6. The van der Waals surface area contributed by atoms with Gasteiger partial charge in [0.2, 0.25) is 5.91 Å². The van der Waals surface area contributed by atoms with Crippen LogP contribution in [0.2, 0.25) is 0 Å². The zero-order valence-corrected chi connectivity index (χ0v) is 12.6. The molecule has 4 nitrogen and oxygen atoms in total. The van der Waals surface area contributed by atoms with Crippen LogP contribution in [0.15, 0.2) is 0 Å². The lowest BCUT2D eigenvalue weighted by Crippen LogP contribution is -2.48. The molecule has 1 atom stereocenters. The molecule has 1 aliphatic carbocycles. The minimum atomic E-state index is 0.128. The van der Waals surface area contributed by atoms with Gasteiger partial charge in [-0.15, -0.1) is 0 Å². The number of hydrogen-bond donors (Lipinski definition) is 1. The standard InChI is InChI=1S/C15H28N2O2/c1-15(2)7-4-13(10-15)16-12-5-8-17(9-6-12)14(18)11-19-3/h12-13,16H,4-11H2,1-3H3. The average molecular weight is 268 g/mol. The number of rotatable bonds is 4. The van der Waals surface area contributed by atoms with Crippen molar-refractivity contribution in [1.29, 1.82) is 0 Å². The number of likely N-dealkylation sites (tertiary alicyclic amines) is 1. The third kappa shape index (κ3) is 4.18. The maximum atomic E-state index is 11.7. The maximum Gasteiger partial charge on any atom is 0.248 e. The van der Waals surface area contributed by atoms with E-state index in [0.29, 0.717) is 17.5 Å². The van der Waals surface area contributed by atoms with E-state index in [-0.39, 0.29) is 12.5 Å². The van der Waals surface area contributed by atoms with Gasteiger partial charge in [0.15, 0.2) is 0 Å². The van der Waals surface area contributed by atoms with Crippen molar-refractivity contribution in [2.45, 2.75) is 58.0 Å². The summed E-state index contributed by atoms with van der Waals surface area (Å²) in [5.74, 6) is 0.128. The number of carbonyl (C=O) groups excluding carboxylic acids is 1. The lowest BCUT2D eigenvalue weighted by Gasteiger charge is -2.34. The van der Waals surface area contributed by atoms with E-state index in [1.807, 2.05) is 4.90 Å². The van der Waals surface area contributed by atoms with Crippen molar-refractivity contribution in [2.24, 2.45) is 5.41 Å². The molecule has 0 radical (unpaired) electrons. The van der Waals surface area contributed by atoms with E-state index in [2.05, 4.69) is 19.2 Å². The minimum absolute atomic E-state index is 0.128. The second-order valence-electron chi connectivity index (χ2n) is 6.86. The molecule has 19 heavy (non-hydrogen) atoms. The quantitative estimate of drug-likeness (QED) is 0.845. The molecule has 4 heteroatoms. The van der Waals surface area contributed by atoms with Crippen LogP contribution in [0.4, 0.5) is 0 Å². The Balaban J connectivity index is 1.71. The largest absolute Gasteiger partial charge is 0.375 e. The number of carbonyl (C=O) groups is 1. The number of piperidine rings is 1. The summed E-state index contributed by atoms with van der Waals surface area (Å²) in [6.45, 7) is 6.68. The topological polar surface area (TPSA) is 41.6 Å². The number of nitrogens with zero attached hydrogens (tertiary/aromatic N) is 1. The lowest BCUT2D eigenvalue weighted by atomic mass is 9.91. The fourth-order valence-corrected chi connectivity index (χ4v) is 3.42. The number of methoxy groups -OCH3 is 1. The summed E-state index contributed by atoms with van der Waals surface area (Å²) >= 11 is 0. The Morgan fingerprint density at radius 1 is 1.26 bits per heavy atom. The molecular formula is C15H28N2O2. The number of ether oxygens (including phenoxy) is 1. The first-order chi connectivity index (χ1) is 9.00. The van der Waals surface area contributed by atoms with E-state index < -0.39 is 0 Å². The zero-order valence-electron chi connectivity index (χ0n) is 12.6. The molecule has 1 saturated heterocycles. The predicted octanol–water partition coefficient (Wildman–Crippen LogP) is 1.79. The summed E-state index contributed by atoms with van der Waals surface area (Å²) in [6, 6.07) is 1.27. The van der Waals surface area contributed by atoms with Gasteiger partial charge in [-0.05, 0) is 37.5 Å². The molecule has 1 N–H and O–H groups in total. The van der Waals surface area contributed by atoms with Crippen LogP contribution >= 0.6 is 0 Å². The minimum Gasteiger partial charge on any atom is -0.375 e. The molecule has 1 saturated carbocycles. The predicted molar refractivity (Wildman–Crippen MR) is 76.0 cm³/mol. The Morgan fingerprint density at radius 2 is 1.95 bits per heavy atom. The van der Waals surface area contributed by atoms with E-state index in [9.17, 15) is 4.79 Å². The van der Waals surface area contributed by atoms with E-state index in [1.165, 1.54) is 19.3 Å². The molecule has 2 fully saturated rings. The van der Waals surface area contributed by atoms with Gasteiger partial charge >= 0.3 is 0 Å². The third-order valence-electron chi connectivity index (χ3n) is 4.56. The van der Waals surface area contributed by atoms with E-state index >= 15 is 0 Å². The monoisotopic (exact) mass is 268 g/mol. The molecule has 0 bridgehead atoms. The van der Waals surface area contributed by atoms with Gasteiger partial charge < -0.3 is 15.0 Å². The smallest absolute Gasteiger partial charge is 0.248 e. The number of amides is 1. The first kappa shape index (κ1) is 14.8. The second-order valence-corrected chi connectivity index (χ2v) is 6.86. The molecule has 0 aromatic rings. The second kappa shape index (κ2) is 6.23. The van der Waals surface area contributed by atoms with Gasteiger partial charge in [-0.2, -0.15) is 0 Å². The van der Waals surface area contributed by atoms with Crippen LogP contribution in [0.3, 0.4) is 0 Å². The van der Waals surface area contributed by atoms with Gasteiger partial charge in [0.25, 0.3) is 0 Å². The Labute approximate surface area is 116 Å². The van der Waals surface area contributed by atoms with E-state index in [4.69, 9.17) is 4.74 Å². The van der Waals surface area contributed by atoms with Gasteiger partial charge in [-0.1, -0.05) is 13.8 Å². The molecule has 1 amide bonds. The summed E-state index contributed by atoms with van der Waals surface area (Å²) in [6.07, 6.45) is 6.07. The van der Waals surface area contributed by atoms with Gasteiger partial charge in [0, 0.05) is 32.3 Å². The van der Waals surface area contributed by atoms with Crippen molar-refractivity contribution in [2.75, 3.05) is 26.8 Å². The van der Waals surface area contributed by atoms with E-state index in [0.717, 1.165) is 25.9 Å². The fraction of sp³-hybridized carbons (Fsp3) is 0.933. The molecule has 0 aromatic carbocycles. The van der Waals surface area contributed by atoms with Crippen LogP contribution in [0, 0.1) is 5.41 Å². The van der Waals surface area contributed by atoms with Crippen LogP contribution in [0.25, 0.3) is 0 Å². The Hall–Kier alpha value is -0.610. The summed E-state index contributed by atoms with van der Waals surface area (Å²) in [5.41, 5.74) is 0.507. The van der Waals surface area contributed by atoms with Crippen LogP contribution in [0.5, 0.6) is 0 Å². The van der Waals surface area contributed by atoms with Crippen LogP contribution in [-0.4, -0.2) is 49.7 Å². The molecule has 1 aliphatic heterocycles. The Kier molecular flexibility index (Phi) is 4.85. The first-order valence-corrected chi connectivity index (χ1v) is 7.53. The van der Waals surface area contributed by atoms with Crippen molar-refractivity contribution in [3.05, 3.63) is 0 Å². The molecule has 0 spiro atoms. The normalized spacial score (nSPS) is 27.7. The molecule has 110 valence electrons. The van der Waals surface area contributed by atoms with E-state index in [1.54, 1.807) is 7.11 Å². The molecular weight excluding hydrogens is 240 g/mol. The zero-order chi connectivity index (χ0) is 13.9. The molecule has 2 aliphatic rings. The number of hydrogen-bond acceptors (Lipinski definition) is 3. The third-order valence-corrected chi connectivity index (χ3v) is 4.56. The van der Waals surface area contributed by atoms with Crippen molar-refractivity contribution < 1.29 is 9.53 Å². The highest BCUT2D eigenvalue weighted by Crippen LogP contribution is 2.37. The Morgan fingerprint density at radius 3 is 2.47 bits per heavy atom. The highest BCUT2D eigenvalue weighted by Gasteiger charge is 2.32. The first-order valence-electron chi connectivity index (χ1n) is 7.53. The fourth-order valence-electron chi connectivity index (χ4n) is 3.42. The van der Waals surface area contributed by atoms with Gasteiger partial charge in [0.1, 0.15) is 6.61 Å². The van der Waals surface area contributed by atoms with Crippen LogP contribution < -0.4 is 5.32 Å². The SMILES string of the molecule is COCC(=O)N1CCC(NC2CCC(C)(C)C2)CC1. The molecule has 2 rings (SSSR count). The summed E-state index contributed by atoms with van der Waals surface area (Å²) in [7, 11) is 1.58. The summed E-state index contributed by atoms with van der Waals surface area (Å²) < 4.78 is 4.91. The Bertz CT molecular complexity index is 309. The van der Waals surface area contributed by atoms with Gasteiger partial charge in [0.05, 0.1) is 0 Å². The highest BCUT2D eigenvalue weighted by atomic mass is 16.5. The van der Waals surface area contributed by atoms with Crippen molar-refractivity contribution in [3.63, 3.8) is 0 Å². The molecule has 1 unspecified atom stereocenters. The van der Waals surface area contributed by atoms with Crippen molar-refractivity contribution in [1.82, 2.24) is 10.2 Å². The average Bonchev–Trinajstić information content (AvgIpc) is 2.70. The van der Waals surface area contributed by atoms with Gasteiger partial charge in [-0.3, -0.25) is 4.79 Å². The number of nitrogens with one attached hydrogen (secondary N) is 1. The van der Waals surface area contributed by atoms with Gasteiger partial charge in [-0.25, -0.2) is 0 Å². The van der Waals surface area contributed by atoms with Crippen LogP contribution in [-0.2, 0) is 9.53 Å². The molecule has 1 heterocycles. The van der Waals surface area contributed by atoms with Crippen molar-refractivity contribution >= 4 is 5.91 Å². The van der Waals surface area contributed by atoms with Crippen LogP contribution in [0.1, 0.15) is 46.0 Å². The summed E-state index contributed by atoms with van der Waals surface area (Å²) in [5, 5.41) is 3.80. The molecule has 0 aromatic heterocycles.